The lowest BCUT2D eigenvalue weighted by atomic mass is 10.0. The van der Waals surface area contributed by atoms with E-state index in [1.807, 2.05) is 43.3 Å². The Morgan fingerprint density at radius 1 is 0.969 bits per heavy atom. The number of hydrogen-bond acceptors (Lipinski definition) is 5. The number of ether oxygens (including phenoxy) is 2. The lowest BCUT2D eigenvalue weighted by Gasteiger charge is -2.10. The molecule has 162 valence electrons. The highest BCUT2D eigenvalue weighted by Crippen LogP contribution is 2.41. The fourth-order valence-corrected chi connectivity index (χ4v) is 4.04. The summed E-state index contributed by atoms with van der Waals surface area (Å²) in [4.78, 5) is 19.3. The molecule has 0 saturated carbocycles. The molecule has 0 radical (unpaired) electrons. The van der Waals surface area contributed by atoms with Crippen LogP contribution in [-0.4, -0.2) is 29.1 Å². The predicted octanol–water partition coefficient (Wildman–Crippen LogP) is 6.41. The van der Waals surface area contributed by atoms with E-state index in [2.05, 4.69) is 20.9 Å². The predicted molar refractivity (Wildman–Crippen MR) is 127 cm³/mol. The van der Waals surface area contributed by atoms with Crippen LogP contribution in [0, 0.1) is 17.0 Å². The minimum Gasteiger partial charge on any atom is -0.496 e. The molecule has 1 heterocycles. The lowest BCUT2D eigenvalue weighted by molar-refractivity contribution is -0.384. The highest BCUT2D eigenvalue weighted by atomic mass is 79.9. The summed E-state index contributed by atoms with van der Waals surface area (Å²) >= 11 is 3.52. The lowest BCUT2D eigenvalue weighted by Crippen LogP contribution is -1.93. The van der Waals surface area contributed by atoms with Crippen LogP contribution in [0.2, 0.25) is 0 Å². The molecule has 0 spiro atoms. The van der Waals surface area contributed by atoms with Crippen molar-refractivity contribution in [1.82, 2.24) is 9.97 Å². The van der Waals surface area contributed by atoms with Gasteiger partial charge < -0.3 is 14.5 Å². The molecule has 0 aliphatic rings. The van der Waals surface area contributed by atoms with Crippen LogP contribution < -0.4 is 9.47 Å². The van der Waals surface area contributed by atoms with Crippen LogP contribution in [0.15, 0.2) is 65.1 Å². The van der Waals surface area contributed by atoms with E-state index in [1.54, 1.807) is 32.4 Å². The number of aryl methyl sites for hydroxylation is 1. The zero-order chi connectivity index (χ0) is 22.8. The SMILES string of the molecule is COc1cc(OC)c(-c2nc(-c3ccccc3)c(-c3cc([N+](=O)[O-])ccc3C)[nH]2)cc1Br. The molecule has 4 aromatic rings. The standard InChI is InChI=1S/C24H20BrN3O4/c1-14-9-10-16(28(29)30)11-17(14)23-22(15-7-5-4-6-8-15)26-24(27-23)18-12-19(25)21(32-3)13-20(18)31-2/h4-13H,1-3H3,(H,26,27). The van der Waals surface area contributed by atoms with Crippen molar-refractivity contribution in [2.45, 2.75) is 6.92 Å². The van der Waals surface area contributed by atoms with E-state index in [0.29, 0.717) is 34.3 Å². The molecule has 4 rings (SSSR count). The van der Waals surface area contributed by atoms with Crippen LogP contribution in [-0.2, 0) is 0 Å². The van der Waals surface area contributed by atoms with Gasteiger partial charge in [0.05, 0.1) is 40.6 Å². The Balaban J connectivity index is 1.98. The van der Waals surface area contributed by atoms with E-state index in [1.165, 1.54) is 6.07 Å². The van der Waals surface area contributed by atoms with Gasteiger partial charge in [0.2, 0.25) is 0 Å². The number of rotatable bonds is 6. The number of imidazole rings is 1. The van der Waals surface area contributed by atoms with E-state index in [-0.39, 0.29) is 5.69 Å². The molecule has 0 fully saturated rings. The fraction of sp³-hybridized carbons (Fsp3) is 0.125. The van der Waals surface area contributed by atoms with E-state index in [4.69, 9.17) is 14.5 Å². The first-order valence-corrected chi connectivity index (χ1v) is 10.5. The highest BCUT2D eigenvalue weighted by molar-refractivity contribution is 9.10. The van der Waals surface area contributed by atoms with Gasteiger partial charge in [0, 0.05) is 29.3 Å². The number of methoxy groups -OCH3 is 2. The third-order valence-electron chi connectivity index (χ3n) is 5.18. The average molecular weight is 494 g/mol. The summed E-state index contributed by atoms with van der Waals surface area (Å²) in [5, 5.41) is 11.4. The zero-order valence-corrected chi connectivity index (χ0v) is 19.3. The first-order chi connectivity index (χ1) is 15.4. The van der Waals surface area contributed by atoms with Crippen LogP contribution in [0.25, 0.3) is 33.9 Å². The second-order valence-corrected chi connectivity index (χ2v) is 7.97. The molecular formula is C24H20BrN3O4. The molecule has 7 nitrogen and oxygen atoms in total. The molecule has 32 heavy (non-hydrogen) atoms. The normalized spacial score (nSPS) is 10.8. The number of hydrogen-bond donors (Lipinski definition) is 1. The molecule has 1 aromatic heterocycles. The summed E-state index contributed by atoms with van der Waals surface area (Å²) in [6, 6.07) is 18.2. The number of benzene rings is 3. The third kappa shape index (κ3) is 3.97. The van der Waals surface area contributed by atoms with Gasteiger partial charge >= 0.3 is 0 Å². The van der Waals surface area contributed by atoms with E-state index >= 15 is 0 Å². The number of nitro benzene ring substituents is 1. The minimum absolute atomic E-state index is 0.0190. The van der Waals surface area contributed by atoms with Gasteiger partial charge in [-0.15, -0.1) is 0 Å². The maximum absolute atomic E-state index is 11.4. The molecule has 0 saturated heterocycles. The summed E-state index contributed by atoms with van der Waals surface area (Å²) in [5.41, 5.74) is 4.63. The maximum Gasteiger partial charge on any atom is 0.270 e. The number of halogens is 1. The smallest absolute Gasteiger partial charge is 0.270 e. The van der Waals surface area contributed by atoms with Crippen molar-refractivity contribution in [2.24, 2.45) is 0 Å². The molecule has 0 aliphatic heterocycles. The van der Waals surface area contributed by atoms with Gasteiger partial charge in [-0.25, -0.2) is 4.98 Å². The highest BCUT2D eigenvalue weighted by Gasteiger charge is 2.21. The molecule has 1 N–H and O–H groups in total. The van der Waals surface area contributed by atoms with Crippen LogP contribution in [0.5, 0.6) is 11.5 Å². The Bertz CT molecular complexity index is 1300. The first-order valence-electron chi connectivity index (χ1n) is 9.75. The first kappa shape index (κ1) is 21.6. The number of aromatic amines is 1. The monoisotopic (exact) mass is 493 g/mol. The van der Waals surface area contributed by atoms with Gasteiger partial charge in [0.25, 0.3) is 5.69 Å². The number of nitrogens with one attached hydrogen (secondary N) is 1. The van der Waals surface area contributed by atoms with Gasteiger partial charge in [0.1, 0.15) is 17.3 Å². The Kier molecular flexibility index (Phi) is 5.96. The Hall–Kier alpha value is -3.65. The van der Waals surface area contributed by atoms with Crippen molar-refractivity contribution >= 4 is 21.6 Å². The third-order valence-corrected chi connectivity index (χ3v) is 5.80. The number of nitro groups is 1. The van der Waals surface area contributed by atoms with Gasteiger partial charge in [-0.3, -0.25) is 10.1 Å². The van der Waals surface area contributed by atoms with Crippen molar-refractivity contribution in [3.05, 3.63) is 80.8 Å². The van der Waals surface area contributed by atoms with Crippen molar-refractivity contribution in [1.29, 1.82) is 0 Å². The Morgan fingerprint density at radius 2 is 1.69 bits per heavy atom. The summed E-state index contributed by atoms with van der Waals surface area (Å²) in [6.45, 7) is 1.92. The van der Waals surface area contributed by atoms with E-state index in [0.717, 1.165) is 21.2 Å². The minimum atomic E-state index is -0.397. The average Bonchev–Trinajstić information content (AvgIpc) is 3.24. The van der Waals surface area contributed by atoms with Crippen molar-refractivity contribution < 1.29 is 14.4 Å². The Morgan fingerprint density at radius 3 is 2.34 bits per heavy atom. The van der Waals surface area contributed by atoms with Crippen LogP contribution in [0.1, 0.15) is 5.56 Å². The second kappa shape index (κ2) is 8.84. The van der Waals surface area contributed by atoms with E-state index in [9.17, 15) is 10.1 Å². The van der Waals surface area contributed by atoms with Crippen molar-refractivity contribution in [3.8, 4) is 45.4 Å². The number of nitrogens with zero attached hydrogens (tertiary/aromatic N) is 2. The van der Waals surface area contributed by atoms with Gasteiger partial charge in [-0.05, 0) is 34.5 Å². The van der Waals surface area contributed by atoms with Crippen LogP contribution in [0.3, 0.4) is 0 Å². The van der Waals surface area contributed by atoms with Crippen LogP contribution in [0.4, 0.5) is 5.69 Å². The van der Waals surface area contributed by atoms with Gasteiger partial charge in [-0.2, -0.15) is 0 Å². The number of aromatic nitrogens is 2. The quantitative estimate of drug-likeness (QED) is 0.247. The summed E-state index contributed by atoms with van der Waals surface area (Å²) in [5.74, 6) is 1.79. The molecule has 0 amide bonds. The fourth-order valence-electron chi connectivity index (χ4n) is 3.54. The summed E-state index contributed by atoms with van der Waals surface area (Å²) in [6.07, 6.45) is 0. The topological polar surface area (TPSA) is 90.3 Å². The van der Waals surface area contributed by atoms with Crippen molar-refractivity contribution in [2.75, 3.05) is 14.2 Å². The van der Waals surface area contributed by atoms with Gasteiger partial charge in [0.15, 0.2) is 0 Å². The number of non-ortho nitro benzene ring substituents is 1. The molecular weight excluding hydrogens is 474 g/mol. The summed E-state index contributed by atoms with van der Waals surface area (Å²) < 4.78 is 11.7. The summed E-state index contributed by atoms with van der Waals surface area (Å²) in [7, 11) is 3.17. The second-order valence-electron chi connectivity index (χ2n) is 7.12. The Labute approximate surface area is 193 Å². The molecule has 0 unspecified atom stereocenters. The van der Waals surface area contributed by atoms with Crippen molar-refractivity contribution in [3.63, 3.8) is 0 Å². The largest absolute Gasteiger partial charge is 0.496 e. The van der Waals surface area contributed by atoms with Crippen LogP contribution >= 0.6 is 15.9 Å². The van der Waals surface area contributed by atoms with Gasteiger partial charge in [-0.1, -0.05) is 36.4 Å². The molecule has 8 heteroatoms. The maximum atomic E-state index is 11.4. The molecule has 0 atom stereocenters. The zero-order valence-electron chi connectivity index (χ0n) is 17.7. The molecule has 0 aliphatic carbocycles. The molecule has 3 aromatic carbocycles. The van der Waals surface area contributed by atoms with E-state index < -0.39 is 4.92 Å². The molecule has 0 bridgehead atoms. The number of H-pyrrole nitrogens is 1.